The Bertz CT molecular complexity index is 906. The number of nitrogens with zero attached hydrogens (tertiary/aromatic N) is 2. The molecule has 0 bridgehead atoms. The van der Waals surface area contributed by atoms with Crippen LogP contribution in [0.4, 0.5) is 18.9 Å². The Labute approximate surface area is 165 Å². The molecular weight excluding hydrogens is 393 g/mol. The number of aromatic nitrogens is 1. The summed E-state index contributed by atoms with van der Waals surface area (Å²) in [4.78, 5) is 22.3. The van der Waals surface area contributed by atoms with Crippen LogP contribution in [-0.4, -0.2) is 35.6 Å². The molecule has 1 aromatic carbocycles. The third-order valence-corrected chi connectivity index (χ3v) is 4.44. The van der Waals surface area contributed by atoms with Crippen LogP contribution in [0.1, 0.15) is 33.7 Å². The molecule has 0 radical (unpaired) electrons. The zero-order valence-corrected chi connectivity index (χ0v) is 16.2. The van der Waals surface area contributed by atoms with Crippen LogP contribution in [-0.2, 0) is 17.5 Å². The lowest BCUT2D eigenvalue weighted by atomic mass is 10.1. The highest BCUT2D eigenvalue weighted by atomic mass is 19.4. The van der Waals surface area contributed by atoms with Crippen LogP contribution in [0.2, 0.25) is 0 Å². The number of carbonyl (C=O) groups is 1. The monoisotopic (exact) mass is 414 g/mol. The summed E-state index contributed by atoms with van der Waals surface area (Å²) in [5.41, 5.74) is -0.129. The van der Waals surface area contributed by atoms with Gasteiger partial charge in [0.2, 0.25) is 5.78 Å². The summed E-state index contributed by atoms with van der Waals surface area (Å²) in [6.07, 6.45) is -4.11. The number of hydrogen-bond acceptors (Lipinski definition) is 5. The second-order valence-corrected chi connectivity index (χ2v) is 6.43. The minimum atomic E-state index is -4.86. The first-order valence-corrected chi connectivity index (χ1v) is 8.73. The predicted molar refractivity (Wildman–Crippen MR) is 98.3 cm³/mol. The van der Waals surface area contributed by atoms with E-state index in [0.29, 0.717) is 30.5 Å². The molecule has 0 aliphatic rings. The maximum Gasteiger partial charge on any atom is 0.420 e. The van der Waals surface area contributed by atoms with Crippen LogP contribution >= 0.6 is 0 Å². The molecular formula is C19H21F3N2O5. The number of nitro benzene ring substituents is 1. The van der Waals surface area contributed by atoms with Crippen LogP contribution in [0.15, 0.2) is 24.3 Å². The van der Waals surface area contributed by atoms with Crippen LogP contribution in [0.5, 0.6) is 5.75 Å². The molecule has 0 unspecified atom stereocenters. The van der Waals surface area contributed by atoms with Gasteiger partial charge in [-0.1, -0.05) is 0 Å². The maximum atomic E-state index is 13.2. The van der Waals surface area contributed by atoms with E-state index in [1.54, 1.807) is 20.1 Å². The van der Waals surface area contributed by atoms with Crippen LogP contribution < -0.4 is 4.74 Å². The molecule has 0 aliphatic carbocycles. The van der Waals surface area contributed by atoms with E-state index in [1.807, 2.05) is 11.5 Å². The molecule has 2 aromatic rings. The predicted octanol–water partition coefficient (Wildman–Crippen LogP) is 4.33. The number of halogens is 3. The number of alkyl halides is 3. The molecule has 7 nitrogen and oxygen atoms in total. The van der Waals surface area contributed by atoms with Gasteiger partial charge in [-0.05, 0) is 32.4 Å². The number of benzene rings is 1. The molecule has 0 fully saturated rings. The maximum absolute atomic E-state index is 13.2. The number of Topliss-reactive ketones (excluding diaryl/α,β-unsaturated/α-hetero) is 1. The smallest absolute Gasteiger partial charge is 0.420 e. The molecule has 10 heteroatoms. The van der Waals surface area contributed by atoms with E-state index in [-0.39, 0.29) is 0 Å². The van der Waals surface area contributed by atoms with Crippen LogP contribution in [0.25, 0.3) is 0 Å². The lowest BCUT2D eigenvalue weighted by molar-refractivity contribution is -0.385. The topological polar surface area (TPSA) is 83.6 Å². The Hall–Kier alpha value is -2.88. The van der Waals surface area contributed by atoms with Crippen molar-refractivity contribution in [3.05, 3.63) is 56.9 Å². The average molecular weight is 414 g/mol. The number of rotatable bonds is 9. The minimum Gasteiger partial charge on any atom is -0.485 e. The fourth-order valence-electron chi connectivity index (χ4n) is 2.99. The zero-order valence-electron chi connectivity index (χ0n) is 16.2. The molecule has 0 spiro atoms. The van der Waals surface area contributed by atoms with Crippen molar-refractivity contribution in [1.29, 1.82) is 0 Å². The zero-order chi connectivity index (χ0) is 21.8. The van der Waals surface area contributed by atoms with Gasteiger partial charge in [-0.15, -0.1) is 0 Å². The third kappa shape index (κ3) is 5.35. The van der Waals surface area contributed by atoms with E-state index in [9.17, 15) is 28.1 Å². The van der Waals surface area contributed by atoms with E-state index < -0.39 is 40.5 Å². The van der Waals surface area contributed by atoms with Gasteiger partial charge in [0.1, 0.15) is 11.3 Å². The highest BCUT2D eigenvalue weighted by Gasteiger charge is 2.36. The number of carbonyl (C=O) groups excluding carboxylic acids is 1. The van der Waals surface area contributed by atoms with Gasteiger partial charge in [0.05, 0.1) is 4.92 Å². The van der Waals surface area contributed by atoms with E-state index >= 15 is 0 Å². The first kappa shape index (κ1) is 22.4. The fourth-order valence-corrected chi connectivity index (χ4v) is 2.99. The van der Waals surface area contributed by atoms with Crippen molar-refractivity contribution in [3.8, 4) is 5.75 Å². The van der Waals surface area contributed by atoms with Gasteiger partial charge >= 0.3 is 6.18 Å². The second-order valence-electron chi connectivity index (χ2n) is 6.43. The van der Waals surface area contributed by atoms with Gasteiger partial charge in [-0.2, -0.15) is 13.2 Å². The van der Waals surface area contributed by atoms with Gasteiger partial charge in [0.15, 0.2) is 6.61 Å². The molecule has 0 saturated carbocycles. The largest absolute Gasteiger partial charge is 0.485 e. The molecule has 158 valence electrons. The van der Waals surface area contributed by atoms with Crippen molar-refractivity contribution in [2.24, 2.45) is 0 Å². The normalized spacial score (nSPS) is 11.5. The van der Waals surface area contributed by atoms with Crippen LogP contribution in [0.3, 0.4) is 0 Å². The van der Waals surface area contributed by atoms with E-state index in [4.69, 9.17) is 9.47 Å². The summed E-state index contributed by atoms with van der Waals surface area (Å²) in [5.74, 6) is -1.12. The third-order valence-electron chi connectivity index (χ3n) is 4.44. The quantitative estimate of drug-likeness (QED) is 0.264. The first-order chi connectivity index (χ1) is 13.6. The number of methoxy groups -OCH3 is 1. The number of ether oxygens (including phenoxy) is 2. The molecule has 0 saturated heterocycles. The summed E-state index contributed by atoms with van der Waals surface area (Å²) in [5, 5.41) is 10.7. The highest BCUT2D eigenvalue weighted by Crippen LogP contribution is 2.38. The molecule has 0 aliphatic heterocycles. The standard InChI is InChI=1S/C19H21F3N2O5/c1-12-9-15(13(2)23(12)7-4-8-28-3)17(25)11-29-18-6-5-14(24(26)27)10-16(18)19(20,21)22/h5-6,9-10H,4,7-8,11H2,1-3H3. The van der Waals surface area contributed by atoms with Gasteiger partial charge in [0.25, 0.3) is 5.69 Å². The lowest BCUT2D eigenvalue weighted by Crippen LogP contribution is -2.16. The molecule has 0 N–H and O–H groups in total. The molecule has 1 heterocycles. The first-order valence-electron chi connectivity index (χ1n) is 8.73. The van der Waals surface area contributed by atoms with Crippen molar-refractivity contribution in [2.75, 3.05) is 20.3 Å². The van der Waals surface area contributed by atoms with Gasteiger partial charge in [-0.3, -0.25) is 14.9 Å². The molecule has 2 rings (SSSR count). The lowest BCUT2D eigenvalue weighted by Gasteiger charge is -2.13. The fraction of sp³-hybridized carbons (Fsp3) is 0.421. The summed E-state index contributed by atoms with van der Waals surface area (Å²) in [6, 6.07) is 3.80. The minimum absolute atomic E-state index is 0.357. The average Bonchev–Trinajstić information content (AvgIpc) is 2.93. The molecule has 29 heavy (non-hydrogen) atoms. The highest BCUT2D eigenvalue weighted by molar-refractivity contribution is 5.98. The Morgan fingerprint density at radius 1 is 1.24 bits per heavy atom. The summed E-state index contributed by atoms with van der Waals surface area (Å²) in [7, 11) is 1.59. The van der Waals surface area contributed by atoms with Crippen molar-refractivity contribution in [3.63, 3.8) is 0 Å². The van der Waals surface area contributed by atoms with Crippen molar-refractivity contribution in [2.45, 2.75) is 33.0 Å². The molecule has 0 amide bonds. The van der Waals surface area contributed by atoms with Gasteiger partial charge in [0, 0.05) is 49.3 Å². The van der Waals surface area contributed by atoms with E-state index in [2.05, 4.69) is 0 Å². The number of ketones is 1. The Morgan fingerprint density at radius 2 is 1.93 bits per heavy atom. The van der Waals surface area contributed by atoms with Crippen LogP contribution in [0, 0.1) is 24.0 Å². The van der Waals surface area contributed by atoms with Crippen molar-refractivity contribution < 1.29 is 32.4 Å². The number of non-ortho nitro benzene ring substituents is 1. The van der Waals surface area contributed by atoms with Crippen molar-refractivity contribution >= 4 is 11.5 Å². The number of aryl methyl sites for hydroxylation is 1. The molecule has 1 aromatic heterocycles. The summed E-state index contributed by atoms with van der Waals surface area (Å²) >= 11 is 0. The van der Waals surface area contributed by atoms with E-state index in [1.165, 1.54) is 0 Å². The number of hydrogen-bond donors (Lipinski definition) is 0. The summed E-state index contributed by atoms with van der Waals surface area (Å²) < 4.78 is 51.7. The summed E-state index contributed by atoms with van der Waals surface area (Å²) in [6.45, 7) is 4.16. The Kier molecular flexibility index (Phi) is 7.02. The van der Waals surface area contributed by atoms with Gasteiger partial charge in [-0.25, -0.2) is 0 Å². The Balaban J connectivity index is 2.19. The van der Waals surface area contributed by atoms with Gasteiger partial charge < -0.3 is 14.0 Å². The Morgan fingerprint density at radius 3 is 2.52 bits per heavy atom. The SMILES string of the molecule is COCCCn1c(C)cc(C(=O)COc2ccc([N+](=O)[O-])cc2C(F)(F)F)c1C. The van der Waals surface area contributed by atoms with Crippen molar-refractivity contribution in [1.82, 2.24) is 4.57 Å². The molecule has 0 atom stereocenters. The second kappa shape index (κ2) is 9.08. The number of nitro groups is 1. The van der Waals surface area contributed by atoms with E-state index in [0.717, 1.165) is 24.2 Å².